The largest absolute Gasteiger partial charge is 0.465 e. The van der Waals surface area contributed by atoms with Crippen molar-refractivity contribution in [3.05, 3.63) is 42.1 Å². The molecular weight excluding hydrogens is 304 g/mol. The summed E-state index contributed by atoms with van der Waals surface area (Å²) in [7, 11) is 1.37. The van der Waals surface area contributed by atoms with Gasteiger partial charge in [0, 0.05) is 25.0 Å². The number of carbonyl (C=O) groups is 1. The summed E-state index contributed by atoms with van der Waals surface area (Å²) in [6, 6.07) is 8.95. The molecular formula is C18H24N4O2. The Kier molecular flexibility index (Phi) is 6.54. The Balaban J connectivity index is 2.12. The van der Waals surface area contributed by atoms with Crippen LogP contribution >= 0.6 is 0 Å². The molecule has 1 heterocycles. The summed E-state index contributed by atoms with van der Waals surface area (Å²) in [5.74, 6) is 1.10. The van der Waals surface area contributed by atoms with Crippen LogP contribution < -0.4 is 10.2 Å². The molecule has 0 spiro atoms. The predicted octanol–water partition coefficient (Wildman–Crippen LogP) is 3.63. The quantitative estimate of drug-likeness (QED) is 0.746. The lowest BCUT2D eigenvalue weighted by Gasteiger charge is -2.22. The van der Waals surface area contributed by atoms with Gasteiger partial charge in [0.05, 0.1) is 12.7 Å². The van der Waals surface area contributed by atoms with Crippen LogP contribution in [0.4, 0.5) is 17.5 Å². The van der Waals surface area contributed by atoms with E-state index < -0.39 is 0 Å². The monoisotopic (exact) mass is 328 g/mol. The molecule has 1 aromatic heterocycles. The standard InChI is InChI=1S/C18H24N4O2/c1-4-12-22(13-5-2)16-10-11-19-18(21-16)20-15-8-6-14(7-9-15)17(23)24-3/h6-11H,4-5,12-13H2,1-3H3,(H,19,20,21). The Morgan fingerprint density at radius 3 is 2.38 bits per heavy atom. The SMILES string of the molecule is CCCN(CCC)c1ccnc(Nc2ccc(C(=O)OC)cc2)n1. The van der Waals surface area contributed by atoms with Crippen molar-refractivity contribution in [2.75, 3.05) is 30.4 Å². The van der Waals surface area contributed by atoms with Crippen molar-refractivity contribution in [1.29, 1.82) is 0 Å². The third-order valence-electron chi connectivity index (χ3n) is 3.51. The first-order valence-corrected chi connectivity index (χ1v) is 8.21. The fourth-order valence-corrected chi connectivity index (χ4v) is 2.40. The zero-order valence-corrected chi connectivity index (χ0v) is 14.5. The summed E-state index contributed by atoms with van der Waals surface area (Å²) in [4.78, 5) is 22.6. The van der Waals surface area contributed by atoms with Crippen LogP contribution in [-0.4, -0.2) is 36.1 Å². The number of hydrogen-bond donors (Lipinski definition) is 1. The average molecular weight is 328 g/mol. The van der Waals surface area contributed by atoms with Gasteiger partial charge in [-0.15, -0.1) is 0 Å². The highest BCUT2D eigenvalue weighted by Gasteiger charge is 2.08. The van der Waals surface area contributed by atoms with Crippen LogP contribution in [0.2, 0.25) is 0 Å². The fourth-order valence-electron chi connectivity index (χ4n) is 2.40. The van der Waals surface area contributed by atoms with Crippen LogP contribution in [0.5, 0.6) is 0 Å². The van der Waals surface area contributed by atoms with E-state index >= 15 is 0 Å². The fraction of sp³-hybridized carbons (Fsp3) is 0.389. The number of aromatic nitrogens is 2. The van der Waals surface area contributed by atoms with Crippen LogP contribution in [0.15, 0.2) is 36.5 Å². The molecule has 0 saturated carbocycles. The molecule has 0 unspecified atom stereocenters. The molecule has 0 aliphatic heterocycles. The topological polar surface area (TPSA) is 67.4 Å². The molecule has 128 valence electrons. The number of hydrogen-bond acceptors (Lipinski definition) is 6. The van der Waals surface area contributed by atoms with Crippen LogP contribution in [0.1, 0.15) is 37.0 Å². The number of nitrogens with zero attached hydrogens (tertiary/aromatic N) is 3. The number of anilines is 3. The van der Waals surface area contributed by atoms with Crippen LogP contribution in [-0.2, 0) is 4.74 Å². The highest BCUT2D eigenvalue weighted by Crippen LogP contribution is 2.18. The lowest BCUT2D eigenvalue weighted by molar-refractivity contribution is 0.0601. The molecule has 0 amide bonds. The molecule has 1 N–H and O–H groups in total. The highest BCUT2D eigenvalue weighted by molar-refractivity contribution is 5.89. The molecule has 0 fully saturated rings. The number of nitrogens with one attached hydrogen (secondary N) is 1. The Labute approximate surface area is 142 Å². The van der Waals surface area contributed by atoms with Crippen LogP contribution in [0.25, 0.3) is 0 Å². The van der Waals surface area contributed by atoms with Gasteiger partial charge in [0.15, 0.2) is 0 Å². The van der Waals surface area contributed by atoms with E-state index in [9.17, 15) is 4.79 Å². The van der Waals surface area contributed by atoms with Gasteiger partial charge in [0.1, 0.15) is 5.82 Å². The Bertz CT molecular complexity index is 652. The summed E-state index contributed by atoms with van der Waals surface area (Å²) in [5, 5.41) is 3.17. The first-order chi connectivity index (χ1) is 11.7. The van der Waals surface area contributed by atoms with Gasteiger partial charge in [-0.2, -0.15) is 4.98 Å². The van der Waals surface area contributed by atoms with Gasteiger partial charge in [-0.3, -0.25) is 0 Å². The third kappa shape index (κ3) is 4.68. The molecule has 2 aromatic rings. The number of methoxy groups -OCH3 is 1. The minimum atomic E-state index is -0.352. The lowest BCUT2D eigenvalue weighted by atomic mass is 10.2. The van der Waals surface area contributed by atoms with E-state index in [1.807, 2.05) is 6.07 Å². The van der Waals surface area contributed by atoms with Crippen molar-refractivity contribution in [1.82, 2.24) is 9.97 Å². The average Bonchev–Trinajstić information content (AvgIpc) is 2.62. The molecule has 0 radical (unpaired) electrons. The Morgan fingerprint density at radius 1 is 1.12 bits per heavy atom. The number of ether oxygens (including phenoxy) is 1. The van der Waals surface area contributed by atoms with Gasteiger partial charge in [-0.1, -0.05) is 13.8 Å². The Morgan fingerprint density at radius 2 is 1.79 bits per heavy atom. The summed E-state index contributed by atoms with van der Waals surface area (Å²) < 4.78 is 4.69. The van der Waals surface area contributed by atoms with Gasteiger partial charge >= 0.3 is 5.97 Å². The first kappa shape index (κ1) is 17.7. The van der Waals surface area contributed by atoms with Gasteiger partial charge < -0.3 is 15.0 Å². The molecule has 0 aliphatic rings. The van der Waals surface area contributed by atoms with E-state index in [4.69, 9.17) is 4.74 Å². The first-order valence-electron chi connectivity index (χ1n) is 8.21. The zero-order valence-electron chi connectivity index (χ0n) is 14.5. The van der Waals surface area contributed by atoms with Crippen LogP contribution in [0.3, 0.4) is 0 Å². The molecule has 24 heavy (non-hydrogen) atoms. The number of carbonyl (C=O) groups excluding carboxylic acids is 1. The molecule has 6 heteroatoms. The number of benzene rings is 1. The molecule has 0 saturated heterocycles. The number of esters is 1. The van der Waals surface area contributed by atoms with Crippen molar-refractivity contribution in [2.45, 2.75) is 26.7 Å². The van der Waals surface area contributed by atoms with Crippen LogP contribution in [0, 0.1) is 0 Å². The second-order valence-electron chi connectivity index (χ2n) is 5.42. The van der Waals surface area contributed by atoms with Crippen molar-refractivity contribution in [3.8, 4) is 0 Å². The summed E-state index contributed by atoms with van der Waals surface area (Å²) in [6.07, 6.45) is 3.90. The summed E-state index contributed by atoms with van der Waals surface area (Å²) in [5.41, 5.74) is 1.33. The van der Waals surface area contributed by atoms with Crippen molar-refractivity contribution < 1.29 is 9.53 Å². The minimum Gasteiger partial charge on any atom is -0.465 e. The van der Waals surface area contributed by atoms with Gasteiger partial charge in [-0.25, -0.2) is 9.78 Å². The van der Waals surface area contributed by atoms with Crippen molar-refractivity contribution >= 4 is 23.4 Å². The molecule has 1 aromatic carbocycles. The summed E-state index contributed by atoms with van der Waals surface area (Å²) >= 11 is 0. The maximum Gasteiger partial charge on any atom is 0.337 e. The van der Waals surface area contributed by atoms with Gasteiger partial charge in [0.2, 0.25) is 5.95 Å². The van der Waals surface area contributed by atoms with Gasteiger partial charge in [0.25, 0.3) is 0 Å². The van der Waals surface area contributed by atoms with E-state index in [0.29, 0.717) is 11.5 Å². The molecule has 6 nitrogen and oxygen atoms in total. The molecule has 2 rings (SSSR count). The second kappa shape index (κ2) is 8.86. The van der Waals surface area contributed by atoms with E-state index in [0.717, 1.165) is 37.4 Å². The van der Waals surface area contributed by atoms with Crippen molar-refractivity contribution in [2.24, 2.45) is 0 Å². The smallest absolute Gasteiger partial charge is 0.337 e. The van der Waals surface area contributed by atoms with E-state index in [1.165, 1.54) is 7.11 Å². The maximum absolute atomic E-state index is 11.5. The van der Waals surface area contributed by atoms with E-state index in [2.05, 4.69) is 34.0 Å². The van der Waals surface area contributed by atoms with Gasteiger partial charge in [-0.05, 0) is 43.2 Å². The van der Waals surface area contributed by atoms with Crippen molar-refractivity contribution in [3.63, 3.8) is 0 Å². The number of rotatable bonds is 8. The minimum absolute atomic E-state index is 0.352. The molecule has 0 bridgehead atoms. The summed E-state index contributed by atoms with van der Waals surface area (Å²) in [6.45, 7) is 6.26. The molecule has 0 aliphatic carbocycles. The Hall–Kier alpha value is -2.63. The van der Waals surface area contributed by atoms with E-state index in [1.54, 1.807) is 30.5 Å². The second-order valence-corrected chi connectivity index (χ2v) is 5.42. The maximum atomic E-state index is 11.5. The zero-order chi connectivity index (χ0) is 17.4. The normalized spacial score (nSPS) is 10.3. The highest BCUT2D eigenvalue weighted by atomic mass is 16.5. The third-order valence-corrected chi connectivity index (χ3v) is 3.51. The molecule has 0 atom stereocenters. The predicted molar refractivity (Wildman–Crippen MR) is 95.9 cm³/mol. The van der Waals surface area contributed by atoms with E-state index in [-0.39, 0.29) is 5.97 Å². The lowest BCUT2D eigenvalue weighted by Crippen LogP contribution is -2.26.